The van der Waals surface area contributed by atoms with Gasteiger partial charge in [0.2, 0.25) is 0 Å². The van der Waals surface area contributed by atoms with Crippen molar-refractivity contribution in [3.8, 4) is 11.5 Å². The first-order chi connectivity index (χ1) is 12.3. The molecule has 0 radical (unpaired) electrons. The van der Waals surface area contributed by atoms with Crippen molar-refractivity contribution in [2.75, 3.05) is 7.11 Å². The summed E-state index contributed by atoms with van der Waals surface area (Å²) in [4.78, 5) is 4.07. The molecular weight excluding hydrogens is 411 g/mol. The van der Waals surface area contributed by atoms with Crippen molar-refractivity contribution < 1.29 is 13.9 Å². The van der Waals surface area contributed by atoms with Crippen molar-refractivity contribution in [3.63, 3.8) is 0 Å². The van der Waals surface area contributed by atoms with E-state index >= 15 is 0 Å². The number of pyridine rings is 1. The fourth-order valence-corrected chi connectivity index (χ4v) is 2.69. The molecule has 0 atom stereocenters. The molecule has 0 aliphatic carbocycles. The van der Waals surface area contributed by atoms with Crippen molar-refractivity contribution in [1.82, 2.24) is 10.3 Å². The maximum atomic E-state index is 6.39. The van der Waals surface area contributed by atoms with Crippen LogP contribution in [0.2, 0.25) is 5.02 Å². The van der Waals surface area contributed by atoms with Gasteiger partial charge in [0, 0.05) is 24.5 Å². The first-order valence-electron chi connectivity index (χ1n) is 7.87. The van der Waals surface area contributed by atoms with Crippen LogP contribution in [0.25, 0.3) is 0 Å². The molecule has 0 aliphatic heterocycles. The smallest absolute Gasteiger partial charge is 0.180 e. The van der Waals surface area contributed by atoms with Crippen LogP contribution in [0.5, 0.6) is 11.5 Å². The molecule has 1 N–H and O–H groups in total. The molecule has 1 aromatic carbocycles. The third-order valence-electron chi connectivity index (χ3n) is 3.60. The standard InChI is InChI=1S/C19H19ClN2O3.2ClH/c1-23-18-9-15(11-22-12-16-5-3-7-24-16)8-17(20)19(18)25-13-14-4-2-6-21-10-14;;/h2-10,22H,11-13H2,1H3;2*1H. The lowest BCUT2D eigenvalue weighted by Crippen LogP contribution is -2.12. The molecule has 3 rings (SSSR count). The van der Waals surface area contributed by atoms with Gasteiger partial charge in [0.25, 0.3) is 0 Å². The highest BCUT2D eigenvalue weighted by Gasteiger charge is 2.12. The maximum absolute atomic E-state index is 6.39. The van der Waals surface area contributed by atoms with Gasteiger partial charge >= 0.3 is 0 Å². The van der Waals surface area contributed by atoms with E-state index in [1.165, 1.54) is 0 Å². The molecule has 2 heterocycles. The summed E-state index contributed by atoms with van der Waals surface area (Å²) >= 11 is 6.39. The van der Waals surface area contributed by atoms with E-state index in [-0.39, 0.29) is 24.8 Å². The minimum atomic E-state index is 0. The number of methoxy groups -OCH3 is 1. The number of hydrogen-bond donors (Lipinski definition) is 1. The van der Waals surface area contributed by atoms with E-state index in [9.17, 15) is 0 Å². The molecule has 0 aliphatic rings. The van der Waals surface area contributed by atoms with Crippen LogP contribution in [-0.4, -0.2) is 12.1 Å². The fourth-order valence-electron chi connectivity index (χ4n) is 2.40. The normalized spacial score (nSPS) is 9.85. The van der Waals surface area contributed by atoms with Gasteiger partial charge < -0.3 is 19.2 Å². The van der Waals surface area contributed by atoms with Crippen LogP contribution in [0.15, 0.2) is 59.5 Å². The molecule has 0 spiro atoms. The fraction of sp³-hybridized carbons (Fsp3) is 0.211. The van der Waals surface area contributed by atoms with Gasteiger partial charge in [0.1, 0.15) is 12.4 Å². The summed E-state index contributed by atoms with van der Waals surface area (Å²) in [5.74, 6) is 2.02. The van der Waals surface area contributed by atoms with Gasteiger partial charge in [-0.05, 0) is 35.9 Å². The van der Waals surface area contributed by atoms with Crippen LogP contribution in [0.4, 0.5) is 0 Å². The van der Waals surface area contributed by atoms with Crippen LogP contribution in [-0.2, 0) is 19.7 Å². The molecule has 2 aromatic heterocycles. The average Bonchev–Trinajstić information content (AvgIpc) is 3.15. The Labute approximate surface area is 175 Å². The van der Waals surface area contributed by atoms with Crippen LogP contribution < -0.4 is 14.8 Å². The Kier molecular flexibility index (Phi) is 10.0. The highest BCUT2D eigenvalue weighted by atomic mass is 35.5. The second-order valence-electron chi connectivity index (χ2n) is 5.44. The van der Waals surface area contributed by atoms with Crippen molar-refractivity contribution >= 4 is 36.4 Å². The molecule has 0 bridgehead atoms. The molecule has 5 nitrogen and oxygen atoms in total. The lowest BCUT2D eigenvalue weighted by Gasteiger charge is -2.14. The van der Waals surface area contributed by atoms with Gasteiger partial charge in [-0.25, -0.2) is 0 Å². The molecule has 0 fully saturated rings. The highest BCUT2D eigenvalue weighted by Crippen LogP contribution is 2.37. The maximum Gasteiger partial charge on any atom is 0.180 e. The monoisotopic (exact) mass is 430 g/mol. The third kappa shape index (κ3) is 6.63. The largest absolute Gasteiger partial charge is 0.493 e. The minimum Gasteiger partial charge on any atom is -0.493 e. The quantitative estimate of drug-likeness (QED) is 0.541. The number of benzene rings is 1. The van der Waals surface area contributed by atoms with E-state index in [1.54, 1.807) is 25.8 Å². The zero-order valence-corrected chi connectivity index (χ0v) is 17.1. The summed E-state index contributed by atoms with van der Waals surface area (Å²) in [7, 11) is 1.60. The number of furan rings is 1. The van der Waals surface area contributed by atoms with Crippen molar-refractivity contribution in [1.29, 1.82) is 0 Å². The molecule has 0 unspecified atom stereocenters. The third-order valence-corrected chi connectivity index (χ3v) is 3.88. The summed E-state index contributed by atoms with van der Waals surface area (Å²) in [5, 5.41) is 3.81. The average molecular weight is 432 g/mol. The van der Waals surface area contributed by atoms with E-state index < -0.39 is 0 Å². The van der Waals surface area contributed by atoms with Crippen molar-refractivity contribution in [3.05, 3.63) is 77.0 Å². The number of ether oxygens (including phenoxy) is 2. The van der Waals surface area contributed by atoms with E-state index in [0.717, 1.165) is 16.9 Å². The van der Waals surface area contributed by atoms with Gasteiger partial charge in [0.15, 0.2) is 11.5 Å². The van der Waals surface area contributed by atoms with Gasteiger partial charge in [-0.1, -0.05) is 17.7 Å². The summed E-state index contributed by atoms with van der Waals surface area (Å²) in [6.45, 7) is 1.66. The van der Waals surface area contributed by atoms with E-state index in [0.29, 0.717) is 36.2 Å². The molecule has 8 heteroatoms. The number of rotatable bonds is 8. The predicted molar refractivity (Wildman–Crippen MR) is 110 cm³/mol. The van der Waals surface area contributed by atoms with E-state index in [4.69, 9.17) is 25.5 Å². The van der Waals surface area contributed by atoms with Gasteiger partial charge in [-0.2, -0.15) is 0 Å². The molecular formula is C19H21Cl3N2O3. The van der Waals surface area contributed by atoms with Crippen LogP contribution in [0.1, 0.15) is 16.9 Å². The number of nitrogens with zero attached hydrogens (tertiary/aromatic N) is 1. The summed E-state index contributed by atoms with van der Waals surface area (Å²) in [6, 6.07) is 11.4. The molecule has 0 amide bonds. The topological polar surface area (TPSA) is 56.5 Å². The second-order valence-corrected chi connectivity index (χ2v) is 5.85. The second kappa shape index (κ2) is 11.7. The zero-order valence-electron chi connectivity index (χ0n) is 14.7. The van der Waals surface area contributed by atoms with E-state index in [2.05, 4.69) is 10.3 Å². The first kappa shape index (κ1) is 23.1. The number of nitrogens with one attached hydrogen (secondary N) is 1. The van der Waals surface area contributed by atoms with Crippen LogP contribution >= 0.6 is 36.4 Å². The molecule has 3 aromatic rings. The van der Waals surface area contributed by atoms with Crippen LogP contribution in [0, 0.1) is 0 Å². The van der Waals surface area contributed by atoms with Gasteiger partial charge in [-0.3, -0.25) is 4.98 Å². The highest BCUT2D eigenvalue weighted by molar-refractivity contribution is 6.32. The van der Waals surface area contributed by atoms with Gasteiger partial charge in [-0.15, -0.1) is 24.8 Å². The molecule has 0 saturated carbocycles. The predicted octanol–water partition coefficient (Wildman–Crippen LogP) is 5.05. The number of halogens is 3. The Balaban J connectivity index is 0.00000182. The Bertz CT molecular complexity index is 799. The molecule has 27 heavy (non-hydrogen) atoms. The summed E-state index contributed by atoms with van der Waals surface area (Å²) < 4.78 is 16.6. The number of hydrogen-bond acceptors (Lipinski definition) is 5. The Morgan fingerprint density at radius 1 is 1.11 bits per heavy atom. The SMILES string of the molecule is COc1cc(CNCc2ccco2)cc(Cl)c1OCc1cccnc1.Cl.Cl. The Morgan fingerprint density at radius 2 is 1.96 bits per heavy atom. The zero-order chi connectivity index (χ0) is 17.5. The van der Waals surface area contributed by atoms with E-state index in [1.807, 2.05) is 36.4 Å². The summed E-state index contributed by atoms with van der Waals surface area (Å²) in [6.07, 6.45) is 5.14. The first-order valence-corrected chi connectivity index (χ1v) is 8.25. The lowest BCUT2D eigenvalue weighted by atomic mass is 10.2. The number of aromatic nitrogens is 1. The lowest BCUT2D eigenvalue weighted by molar-refractivity contribution is 0.284. The molecule has 0 saturated heterocycles. The van der Waals surface area contributed by atoms with Crippen molar-refractivity contribution in [2.45, 2.75) is 19.7 Å². The Hall–Kier alpha value is -1.92. The summed E-state index contributed by atoms with van der Waals surface area (Å²) in [5.41, 5.74) is 1.96. The van der Waals surface area contributed by atoms with Crippen molar-refractivity contribution in [2.24, 2.45) is 0 Å². The van der Waals surface area contributed by atoms with Gasteiger partial charge in [0.05, 0.1) is 24.9 Å². The minimum absolute atomic E-state index is 0. The molecule has 146 valence electrons. The Morgan fingerprint density at radius 3 is 2.63 bits per heavy atom. The van der Waals surface area contributed by atoms with Crippen LogP contribution in [0.3, 0.4) is 0 Å².